The number of carbonyl (C=O) groups is 1. The molecule has 1 fully saturated rings. The van der Waals surface area contributed by atoms with Gasteiger partial charge in [0.25, 0.3) is 5.89 Å². The third kappa shape index (κ3) is 4.96. The van der Waals surface area contributed by atoms with Gasteiger partial charge in [0.2, 0.25) is 5.91 Å². The maximum absolute atomic E-state index is 12.4. The molecule has 3 aromatic rings. The zero-order chi connectivity index (χ0) is 22.5. The van der Waals surface area contributed by atoms with Gasteiger partial charge in [0.05, 0.1) is 6.54 Å². The molecule has 0 saturated carbocycles. The molecule has 0 spiro atoms. The molecule has 1 saturated heterocycles. The van der Waals surface area contributed by atoms with Gasteiger partial charge in [-0.15, -0.1) is 6.42 Å². The summed E-state index contributed by atoms with van der Waals surface area (Å²) in [6.07, 6.45) is 9.23. The predicted molar refractivity (Wildman–Crippen MR) is 128 cm³/mol. The Bertz CT molecular complexity index is 1110. The van der Waals surface area contributed by atoms with E-state index in [-0.39, 0.29) is 24.4 Å². The molecular weight excluding hydrogens is 422 g/mol. The summed E-state index contributed by atoms with van der Waals surface area (Å²) in [5.41, 5.74) is 1.37. The molecule has 2 aromatic carbocycles. The van der Waals surface area contributed by atoms with Crippen molar-refractivity contribution in [2.75, 3.05) is 31.2 Å². The second-order valence-corrected chi connectivity index (χ2v) is 8.71. The summed E-state index contributed by atoms with van der Waals surface area (Å²) in [4.78, 5) is 15.0. The first-order valence-corrected chi connectivity index (χ1v) is 11.9. The van der Waals surface area contributed by atoms with E-state index in [1.165, 1.54) is 16.3 Å². The Labute approximate surface area is 192 Å². The van der Waals surface area contributed by atoms with Gasteiger partial charge in [-0.05, 0) is 48.3 Å². The molecule has 1 amide bonds. The van der Waals surface area contributed by atoms with E-state index < -0.39 is 0 Å². The van der Waals surface area contributed by atoms with Crippen molar-refractivity contribution in [1.82, 2.24) is 19.4 Å². The Balaban J connectivity index is 1.34. The topological polar surface area (TPSA) is 74.5 Å². The van der Waals surface area contributed by atoms with Gasteiger partial charge in [0, 0.05) is 25.2 Å². The summed E-state index contributed by atoms with van der Waals surface area (Å²) < 4.78 is 7.29. The summed E-state index contributed by atoms with van der Waals surface area (Å²) in [5.74, 6) is 2.10. The molecule has 7 nitrogen and oxygen atoms in total. The number of rotatable bonds is 7. The molecule has 1 atom stereocenters. The Hall–Kier alpha value is -2.86. The number of nitrogens with zero attached hydrogens (tertiary/aromatic N) is 4. The van der Waals surface area contributed by atoms with E-state index >= 15 is 0 Å². The maximum atomic E-state index is 12.4. The smallest absolute Gasteiger partial charge is 0.323 e. The number of benzene rings is 2. The second kappa shape index (κ2) is 10.2. The van der Waals surface area contributed by atoms with E-state index in [4.69, 9.17) is 10.8 Å². The summed E-state index contributed by atoms with van der Waals surface area (Å²) in [6, 6.07) is 15.8. The SMILES string of the molecule is C#Cc1nnc(NC(=O)CN(SC)C2CCN(C(C)c3cccc4ccccc34)CC2)o1. The second-order valence-electron chi connectivity index (χ2n) is 7.87. The number of fused-ring (bicyclic) bond motifs is 1. The average molecular weight is 450 g/mol. The van der Waals surface area contributed by atoms with E-state index in [9.17, 15) is 4.79 Å². The number of amides is 1. The van der Waals surface area contributed by atoms with Crippen molar-refractivity contribution in [2.24, 2.45) is 0 Å². The van der Waals surface area contributed by atoms with Crippen LogP contribution in [0.4, 0.5) is 6.01 Å². The van der Waals surface area contributed by atoms with Crippen molar-refractivity contribution in [3.05, 3.63) is 53.9 Å². The fourth-order valence-electron chi connectivity index (χ4n) is 4.35. The standard InChI is InChI=1S/C24H27N5O2S/c1-4-23-26-27-24(31-23)25-22(30)16-29(32-3)19-12-14-28(15-13-19)17(2)20-11-7-9-18-8-5-6-10-21(18)20/h1,5-11,17,19H,12-16H2,2-3H3,(H,25,27,30). The maximum Gasteiger partial charge on any atom is 0.323 e. The van der Waals surface area contributed by atoms with E-state index in [1.807, 2.05) is 6.26 Å². The third-order valence-electron chi connectivity index (χ3n) is 6.06. The fourth-order valence-corrected chi connectivity index (χ4v) is 5.10. The predicted octanol–water partition coefficient (Wildman–Crippen LogP) is 3.95. The highest BCUT2D eigenvalue weighted by molar-refractivity contribution is 7.96. The monoisotopic (exact) mass is 449 g/mol. The molecule has 4 rings (SSSR count). The van der Waals surface area contributed by atoms with Gasteiger partial charge in [-0.2, -0.15) is 0 Å². The van der Waals surface area contributed by atoms with Crippen molar-refractivity contribution >= 4 is 34.6 Å². The number of anilines is 1. The molecule has 1 aliphatic heterocycles. The number of nitrogens with one attached hydrogen (secondary N) is 1. The van der Waals surface area contributed by atoms with Crippen LogP contribution in [0.25, 0.3) is 10.8 Å². The molecular formula is C24H27N5O2S. The highest BCUT2D eigenvalue weighted by Gasteiger charge is 2.29. The van der Waals surface area contributed by atoms with E-state index in [0.717, 1.165) is 25.9 Å². The first-order chi connectivity index (χ1) is 15.6. The van der Waals surface area contributed by atoms with Gasteiger partial charge in [-0.25, -0.2) is 4.31 Å². The molecule has 1 N–H and O–H groups in total. The fraction of sp³-hybridized carbons (Fsp3) is 0.375. The van der Waals surface area contributed by atoms with Crippen LogP contribution < -0.4 is 5.32 Å². The van der Waals surface area contributed by atoms with Crippen LogP contribution in [0.2, 0.25) is 0 Å². The number of aromatic nitrogens is 2. The van der Waals surface area contributed by atoms with Crippen LogP contribution in [0.1, 0.15) is 37.3 Å². The first kappa shape index (κ1) is 22.3. The van der Waals surface area contributed by atoms with Crippen LogP contribution in [0.3, 0.4) is 0 Å². The first-order valence-electron chi connectivity index (χ1n) is 10.7. The lowest BCUT2D eigenvalue weighted by Crippen LogP contribution is -2.45. The average Bonchev–Trinajstić information content (AvgIpc) is 3.29. The van der Waals surface area contributed by atoms with Crippen molar-refractivity contribution < 1.29 is 9.21 Å². The van der Waals surface area contributed by atoms with Crippen molar-refractivity contribution in [3.8, 4) is 12.3 Å². The highest BCUT2D eigenvalue weighted by Crippen LogP contribution is 2.31. The molecule has 0 bridgehead atoms. The molecule has 166 valence electrons. The van der Waals surface area contributed by atoms with E-state index in [0.29, 0.717) is 12.1 Å². The number of hydrogen-bond acceptors (Lipinski definition) is 7. The van der Waals surface area contributed by atoms with E-state index in [1.54, 1.807) is 11.9 Å². The van der Waals surface area contributed by atoms with Crippen LogP contribution in [-0.4, -0.2) is 57.2 Å². The molecule has 32 heavy (non-hydrogen) atoms. The van der Waals surface area contributed by atoms with Crippen molar-refractivity contribution in [1.29, 1.82) is 0 Å². The van der Waals surface area contributed by atoms with E-state index in [2.05, 4.69) is 80.0 Å². The van der Waals surface area contributed by atoms with Crippen LogP contribution in [0.15, 0.2) is 46.9 Å². The zero-order valence-corrected chi connectivity index (χ0v) is 19.1. The number of hydrogen-bond donors (Lipinski definition) is 1. The number of likely N-dealkylation sites (tertiary alicyclic amines) is 1. The Morgan fingerprint density at radius 2 is 2.03 bits per heavy atom. The van der Waals surface area contributed by atoms with Crippen LogP contribution in [0, 0.1) is 12.3 Å². The summed E-state index contributed by atoms with van der Waals surface area (Å²) in [7, 11) is 0. The molecule has 1 aliphatic rings. The molecule has 2 heterocycles. The molecule has 1 aromatic heterocycles. The molecule has 0 aliphatic carbocycles. The minimum atomic E-state index is -0.196. The normalized spacial score (nSPS) is 16.2. The summed E-state index contributed by atoms with van der Waals surface area (Å²) >= 11 is 1.59. The van der Waals surface area contributed by atoms with Crippen molar-refractivity contribution in [2.45, 2.75) is 31.8 Å². The lowest BCUT2D eigenvalue weighted by Gasteiger charge is -2.40. The van der Waals surface area contributed by atoms with Gasteiger partial charge in [-0.1, -0.05) is 64.6 Å². The molecule has 8 heteroatoms. The minimum absolute atomic E-state index is 0.0303. The Morgan fingerprint density at radius 1 is 1.28 bits per heavy atom. The number of terminal acetylenes is 1. The molecule has 0 radical (unpaired) electrons. The van der Waals surface area contributed by atoms with Crippen molar-refractivity contribution in [3.63, 3.8) is 0 Å². The lowest BCUT2D eigenvalue weighted by atomic mass is 9.96. The molecule has 1 unspecified atom stereocenters. The zero-order valence-electron chi connectivity index (χ0n) is 18.3. The highest BCUT2D eigenvalue weighted by atomic mass is 32.2. The quantitative estimate of drug-likeness (QED) is 0.432. The summed E-state index contributed by atoms with van der Waals surface area (Å²) in [5, 5.41) is 12.6. The van der Waals surface area contributed by atoms with Crippen LogP contribution in [-0.2, 0) is 4.79 Å². The number of carbonyl (C=O) groups excluding carboxylic acids is 1. The van der Waals surface area contributed by atoms with Gasteiger partial charge in [0.15, 0.2) is 0 Å². The lowest BCUT2D eigenvalue weighted by molar-refractivity contribution is -0.116. The van der Waals surface area contributed by atoms with Gasteiger partial charge < -0.3 is 4.42 Å². The minimum Gasteiger partial charge on any atom is -0.396 e. The van der Waals surface area contributed by atoms with Gasteiger partial charge in [-0.3, -0.25) is 15.0 Å². The Kier molecular flexibility index (Phi) is 7.10. The largest absolute Gasteiger partial charge is 0.396 e. The Morgan fingerprint density at radius 3 is 2.75 bits per heavy atom. The van der Waals surface area contributed by atoms with Gasteiger partial charge in [0.1, 0.15) is 0 Å². The third-order valence-corrected chi connectivity index (χ3v) is 6.95. The van der Waals surface area contributed by atoms with Crippen LogP contribution >= 0.6 is 11.9 Å². The van der Waals surface area contributed by atoms with Crippen LogP contribution in [0.5, 0.6) is 0 Å². The number of piperidine rings is 1. The summed E-state index contributed by atoms with van der Waals surface area (Å²) in [6.45, 7) is 4.51. The van der Waals surface area contributed by atoms with Gasteiger partial charge >= 0.3 is 6.01 Å².